The molecule has 0 aliphatic carbocycles. The van der Waals surface area contributed by atoms with Crippen LogP contribution in [0.3, 0.4) is 0 Å². The van der Waals surface area contributed by atoms with E-state index in [1.165, 1.54) is 125 Å². The van der Waals surface area contributed by atoms with Gasteiger partial charge in [-0.2, -0.15) is 0 Å². The summed E-state index contributed by atoms with van der Waals surface area (Å²) in [6, 6.07) is 0. The number of nitrogens with zero attached hydrogens (tertiary/aromatic N) is 2. The van der Waals surface area contributed by atoms with Crippen molar-refractivity contribution < 1.29 is 8.97 Å². The molecule has 0 saturated carbocycles. The lowest BCUT2D eigenvalue weighted by atomic mass is 10.1. The van der Waals surface area contributed by atoms with E-state index < -0.39 is 0 Å². The Balaban J connectivity index is 0.000000243. The van der Waals surface area contributed by atoms with Crippen molar-refractivity contribution in [3.05, 3.63) is 0 Å². The zero-order valence-corrected chi connectivity index (χ0v) is 17.6. The summed E-state index contributed by atoms with van der Waals surface area (Å²) < 4.78 is 2.72. The molecule has 0 radical (unpaired) electrons. The van der Waals surface area contributed by atoms with Crippen molar-refractivity contribution in [3.63, 3.8) is 0 Å². The maximum atomic E-state index is 2.45. The minimum Gasteiger partial charge on any atom is -0.326 e. The van der Waals surface area contributed by atoms with Gasteiger partial charge in [-0.1, -0.05) is 33.1 Å². The summed E-state index contributed by atoms with van der Waals surface area (Å²) in [5.74, 6) is 0. The average Bonchev–Trinajstić information content (AvgIpc) is 2.59. The Morgan fingerprint density at radius 2 is 0.917 bits per heavy atom. The zero-order chi connectivity index (χ0) is 17.7. The lowest BCUT2D eigenvalue weighted by Crippen LogP contribution is -2.48. The Morgan fingerprint density at radius 3 is 1.33 bits per heavy atom. The van der Waals surface area contributed by atoms with E-state index in [4.69, 9.17) is 0 Å². The van der Waals surface area contributed by atoms with Gasteiger partial charge in [0, 0.05) is 0 Å². The summed E-state index contributed by atoms with van der Waals surface area (Å²) in [7, 11) is 4.87. The van der Waals surface area contributed by atoms with Crippen LogP contribution in [0.2, 0.25) is 0 Å². The van der Waals surface area contributed by atoms with Crippen LogP contribution in [0.5, 0.6) is 0 Å². The SMILES string of the molecule is CCCCCC[N+]1(C)CCCCC1.CCCC[N+]1(C)CCCCC1. The highest BCUT2D eigenvalue weighted by molar-refractivity contribution is 4.52. The molecule has 2 fully saturated rings. The lowest BCUT2D eigenvalue weighted by Gasteiger charge is -2.37. The van der Waals surface area contributed by atoms with Crippen LogP contribution < -0.4 is 0 Å². The van der Waals surface area contributed by atoms with E-state index in [9.17, 15) is 0 Å². The number of quaternary nitrogens is 2. The molecule has 2 aliphatic rings. The van der Waals surface area contributed by atoms with Gasteiger partial charge in [0.2, 0.25) is 0 Å². The summed E-state index contributed by atoms with van der Waals surface area (Å²) in [5.41, 5.74) is 0. The van der Waals surface area contributed by atoms with Crippen LogP contribution in [0.15, 0.2) is 0 Å². The molecule has 2 heterocycles. The summed E-state index contributed by atoms with van der Waals surface area (Å²) in [6.07, 6.45) is 17.3. The molecular weight excluding hydrogens is 292 g/mol. The van der Waals surface area contributed by atoms with Crippen LogP contribution in [-0.4, -0.2) is 62.3 Å². The maximum absolute atomic E-state index is 2.45. The third-order valence-electron chi connectivity index (χ3n) is 6.39. The van der Waals surface area contributed by atoms with Crippen molar-refractivity contribution in [2.24, 2.45) is 0 Å². The van der Waals surface area contributed by atoms with E-state index in [0.29, 0.717) is 0 Å². The predicted octanol–water partition coefficient (Wildman–Crippen LogP) is 5.61. The lowest BCUT2D eigenvalue weighted by molar-refractivity contribution is -0.914. The first kappa shape index (κ1) is 22.0. The molecule has 0 unspecified atom stereocenters. The van der Waals surface area contributed by atoms with Crippen molar-refractivity contribution in [1.29, 1.82) is 0 Å². The van der Waals surface area contributed by atoms with Gasteiger partial charge in [0.25, 0.3) is 0 Å². The predicted molar refractivity (Wildman–Crippen MR) is 108 cm³/mol. The highest BCUT2D eigenvalue weighted by atomic mass is 15.3. The first-order chi connectivity index (χ1) is 11.5. The molecule has 0 amide bonds. The maximum Gasteiger partial charge on any atom is 0.0784 e. The van der Waals surface area contributed by atoms with Crippen LogP contribution in [0.4, 0.5) is 0 Å². The van der Waals surface area contributed by atoms with Crippen LogP contribution in [0.1, 0.15) is 90.9 Å². The zero-order valence-electron chi connectivity index (χ0n) is 17.6. The van der Waals surface area contributed by atoms with Gasteiger partial charge in [-0.25, -0.2) is 0 Å². The fourth-order valence-electron chi connectivity index (χ4n) is 4.46. The Kier molecular flexibility index (Phi) is 11.3. The van der Waals surface area contributed by atoms with E-state index in [1.807, 2.05) is 0 Å². The van der Waals surface area contributed by atoms with Gasteiger partial charge < -0.3 is 8.97 Å². The van der Waals surface area contributed by atoms with Crippen LogP contribution in [-0.2, 0) is 0 Å². The van der Waals surface area contributed by atoms with Crippen LogP contribution in [0, 0.1) is 0 Å². The second-order valence-corrected chi connectivity index (χ2v) is 9.12. The molecule has 24 heavy (non-hydrogen) atoms. The fourth-order valence-corrected chi connectivity index (χ4v) is 4.46. The standard InChI is InChI=1S/C12H26N.C10H22N/c1-3-4-5-7-10-13(2)11-8-6-9-12-13;1-3-4-8-11(2)9-6-5-7-10-11/h3-12H2,1-2H3;3-10H2,1-2H3/q2*+1. The largest absolute Gasteiger partial charge is 0.326 e. The number of likely N-dealkylation sites (tertiary alicyclic amines) is 2. The Morgan fingerprint density at radius 1 is 0.500 bits per heavy atom. The third kappa shape index (κ3) is 9.42. The summed E-state index contributed by atoms with van der Waals surface area (Å²) in [6.45, 7) is 13.2. The molecule has 0 atom stereocenters. The minimum atomic E-state index is 1.36. The molecule has 2 nitrogen and oxygen atoms in total. The van der Waals surface area contributed by atoms with E-state index in [0.717, 1.165) is 0 Å². The first-order valence-electron chi connectivity index (χ1n) is 11.2. The first-order valence-corrected chi connectivity index (χ1v) is 11.2. The summed E-state index contributed by atoms with van der Waals surface area (Å²) in [5, 5.41) is 0. The molecule has 2 heteroatoms. The number of hydrogen-bond acceptors (Lipinski definition) is 0. The van der Waals surface area contributed by atoms with Gasteiger partial charge in [0.15, 0.2) is 0 Å². The number of hydrogen-bond donors (Lipinski definition) is 0. The van der Waals surface area contributed by atoms with Gasteiger partial charge in [0.05, 0.1) is 53.4 Å². The molecule has 2 rings (SSSR count). The van der Waals surface area contributed by atoms with Gasteiger partial charge in [0.1, 0.15) is 0 Å². The molecular formula is C22H48N2+2. The average molecular weight is 341 g/mol. The van der Waals surface area contributed by atoms with Crippen LogP contribution in [0.25, 0.3) is 0 Å². The van der Waals surface area contributed by atoms with Crippen LogP contribution >= 0.6 is 0 Å². The second kappa shape index (κ2) is 12.3. The quantitative estimate of drug-likeness (QED) is 0.398. The molecule has 2 saturated heterocycles. The minimum absolute atomic E-state index is 1.36. The highest BCUT2D eigenvalue weighted by Crippen LogP contribution is 2.18. The van der Waals surface area contributed by atoms with Gasteiger partial charge in [-0.15, -0.1) is 0 Å². The van der Waals surface area contributed by atoms with Gasteiger partial charge in [-0.05, 0) is 57.8 Å². The van der Waals surface area contributed by atoms with E-state index >= 15 is 0 Å². The number of rotatable bonds is 8. The van der Waals surface area contributed by atoms with Crippen molar-refractivity contribution in [1.82, 2.24) is 0 Å². The molecule has 0 aromatic carbocycles. The monoisotopic (exact) mass is 340 g/mol. The Bertz CT molecular complexity index is 288. The topological polar surface area (TPSA) is 0 Å². The smallest absolute Gasteiger partial charge is 0.0784 e. The molecule has 144 valence electrons. The van der Waals surface area contributed by atoms with Crippen molar-refractivity contribution in [3.8, 4) is 0 Å². The number of unbranched alkanes of at least 4 members (excludes halogenated alkanes) is 4. The molecule has 0 aromatic rings. The Hall–Kier alpha value is -0.0800. The highest BCUT2D eigenvalue weighted by Gasteiger charge is 2.24. The van der Waals surface area contributed by atoms with Gasteiger partial charge >= 0.3 is 0 Å². The molecule has 0 bridgehead atoms. The third-order valence-corrected chi connectivity index (χ3v) is 6.39. The van der Waals surface area contributed by atoms with E-state index in [-0.39, 0.29) is 0 Å². The Labute approximate surface area is 153 Å². The summed E-state index contributed by atoms with van der Waals surface area (Å²) in [4.78, 5) is 0. The molecule has 0 N–H and O–H groups in total. The second-order valence-electron chi connectivity index (χ2n) is 9.12. The number of piperidine rings is 2. The van der Waals surface area contributed by atoms with Crippen molar-refractivity contribution in [2.45, 2.75) is 90.9 Å². The fraction of sp³-hybridized carbons (Fsp3) is 1.00. The van der Waals surface area contributed by atoms with Crippen molar-refractivity contribution >= 4 is 0 Å². The summed E-state index contributed by atoms with van der Waals surface area (Å²) >= 11 is 0. The van der Waals surface area contributed by atoms with Crippen molar-refractivity contribution in [2.75, 3.05) is 53.4 Å². The van der Waals surface area contributed by atoms with E-state index in [1.54, 1.807) is 0 Å². The molecule has 2 aliphatic heterocycles. The molecule has 0 aromatic heterocycles. The van der Waals surface area contributed by atoms with E-state index in [2.05, 4.69) is 27.9 Å². The normalized spacial score (nSPS) is 22.5. The molecule has 0 spiro atoms. The van der Waals surface area contributed by atoms with Gasteiger partial charge in [-0.3, -0.25) is 0 Å².